The van der Waals surface area contributed by atoms with E-state index in [-0.39, 0.29) is 12.1 Å². The highest BCUT2D eigenvalue weighted by molar-refractivity contribution is 7.98. The summed E-state index contributed by atoms with van der Waals surface area (Å²) in [5.74, 6) is -0.480. The minimum atomic E-state index is -1.17. The van der Waals surface area contributed by atoms with E-state index >= 15 is 0 Å². The van der Waals surface area contributed by atoms with Crippen molar-refractivity contribution in [1.82, 2.24) is 5.32 Å². The zero-order chi connectivity index (χ0) is 26.1. The number of ether oxygens (including phenoxy) is 2. The highest BCUT2D eigenvalue weighted by atomic mass is 32.2. The molecule has 1 amide bonds. The lowest BCUT2D eigenvalue weighted by Gasteiger charge is -2.16. The van der Waals surface area contributed by atoms with Gasteiger partial charge in [0.05, 0.1) is 19.8 Å². The van der Waals surface area contributed by atoms with Gasteiger partial charge in [-0.2, -0.15) is 0 Å². The van der Waals surface area contributed by atoms with Crippen molar-refractivity contribution in [3.05, 3.63) is 77.9 Å². The van der Waals surface area contributed by atoms with Crippen LogP contribution in [0.25, 0.3) is 11.1 Å². The number of nitrogens with zero attached hydrogens (tertiary/aromatic N) is 1. The van der Waals surface area contributed by atoms with Gasteiger partial charge in [-0.1, -0.05) is 47.6 Å². The predicted molar refractivity (Wildman–Crippen MR) is 140 cm³/mol. The Morgan fingerprint density at radius 2 is 1.56 bits per heavy atom. The fourth-order valence-corrected chi connectivity index (χ4v) is 4.08. The minimum absolute atomic E-state index is 0.00461. The third kappa shape index (κ3) is 6.37. The van der Waals surface area contributed by atoms with E-state index in [2.05, 4.69) is 10.5 Å². The average Bonchev–Trinajstić information content (AvgIpc) is 2.91. The lowest BCUT2D eigenvalue weighted by molar-refractivity contribution is -0.141. The number of hydrogen-bond donors (Lipinski definition) is 2. The van der Waals surface area contributed by atoms with Crippen LogP contribution in [0.1, 0.15) is 11.1 Å². The molecule has 0 heterocycles. The smallest absolute Gasteiger partial charge is 0.326 e. The second kappa shape index (κ2) is 12.6. The fraction of sp³-hybridized carbons (Fsp3) is 0.222. The summed E-state index contributed by atoms with van der Waals surface area (Å²) in [4.78, 5) is 30.8. The molecule has 3 aromatic carbocycles. The molecule has 0 spiro atoms. The molecule has 2 N–H and O–H groups in total. The quantitative estimate of drug-likeness (QED) is 0.226. The molecule has 0 aromatic heterocycles. The molecule has 0 saturated carbocycles. The zero-order valence-corrected chi connectivity index (χ0v) is 21.3. The Kier molecular flexibility index (Phi) is 9.35. The molecule has 1 atom stereocenters. The summed E-state index contributed by atoms with van der Waals surface area (Å²) in [5.41, 5.74) is 2.90. The number of carbonyl (C=O) groups is 2. The summed E-state index contributed by atoms with van der Waals surface area (Å²) >= 11 is 1.57. The van der Waals surface area contributed by atoms with E-state index in [1.807, 2.05) is 60.9 Å². The van der Waals surface area contributed by atoms with Crippen molar-refractivity contribution in [3.8, 4) is 22.6 Å². The maximum Gasteiger partial charge on any atom is 0.326 e. The average molecular weight is 509 g/mol. The van der Waals surface area contributed by atoms with Crippen LogP contribution in [-0.2, 0) is 20.8 Å². The number of methoxy groups -OCH3 is 2. The van der Waals surface area contributed by atoms with Crippen LogP contribution in [0.3, 0.4) is 0 Å². The molecule has 0 aliphatic carbocycles. The molecule has 0 fully saturated rings. The SMILES string of the molecule is CON=C(C(=O)N[C@@H](Cc1ccc(-c2c(OC)cccc2OC)cc1)C(=O)O)c1ccc(SC)cc1. The van der Waals surface area contributed by atoms with Crippen molar-refractivity contribution in [2.24, 2.45) is 5.16 Å². The Balaban J connectivity index is 1.79. The van der Waals surface area contributed by atoms with Crippen molar-refractivity contribution >= 4 is 29.4 Å². The standard InChI is InChI=1S/C27H28N2O6S/c1-33-22-6-5-7-23(34-2)24(22)18-10-8-17(9-11-18)16-21(27(31)32)28-26(30)25(29-35-3)19-12-14-20(36-4)15-13-19/h5-15,21H,16H2,1-4H3,(H,28,30)(H,31,32)/t21-/m0/s1. The predicted octanol–water partition coefficient (Wildman–Crippen LogP) is 4.26. The van der Waals surface area contributed by atoms with Crippen molar-refractivity contribution in [1.29, 1.82) is 0 Å². The molecule has 36 heavy (non-hydrogen) atoms. The van der Waals surface area contributed by atoms with Gasteiger partial charge >= 0.3 is 5.97 Å². The van der Waals surface area contributed by atoms with Gasteiger partial charge in [0.2, 0.25) is 0 Å². The van der Waals surface area contributed by atoms with Crippen LogP contribution in [0.5, 0.6) is 11.5 Å². The largest absolute Gasteiger partial charge is 0.496 e. The van der Waals surface area contributed by atoms with E-state index in [9.17, 15) is 14.7 Å². The highest BCUT2D eigenvalue weighted by Gasteiger charge is 2.25. The third-order valence-corrected chi connectivity index (χ3v) is 6.22. The molecule has 0 unspecified atom stereocenters. The Labute approximate surface area is 214 Å². The summed E-state index contributed by atoms with van der Waals surface area (Å²) in [6.45, 7) is 0. The van der Waals surface area contributed by atoms with E-state index < -0.39 is 17.9 Å². The van der Waals surface area contributed by atoms with Gasteiger partial charge in [0.1, 0.15) is 24.7 Å². The van der Waals surface area contributed by atoms with Gasteiger partial charge in [0.25, 0.3) is 5.91 Å². The van der Waals surface area contributed by atoms with Crippen LogP contribution in [0.2, 0.25) is 0 Å². The van der Waals surface area contributed by atoms with E-state index in [0.29, 0.717) is 17.1 Å². The number of oxime groups is 1. The Morgan fingerprint density at radius 1 is 0.944 bits per heavy atom. The topological polar surface area (TPSA) is 106 Å². The molecule has 0 aliphatic heterocycles. The zero-order valence-electron chi connectivity index (χ0n) is 20.5. The molecule has 0 aliphatic rings. The Bertz CT molecular complexity index is 1200. The Morgan fingerprint density at radius 3 is 2.06 bits per heavy atom. The monoisotopic (exact) mass is 508 g/mol. The number of benzene rings is 3. The second-order valence-electron chi connectivity index (χ2n) is 7.65. The number of carboxylic acids is 1. The summed E-state index contributed by atoms with van der Waals surface area (Å²) in [6.07, 6.45) is 2.03. The first-order valence-corrected chi connectivity index (χ1v) is 12.2. The lowest BCUT2D eigenvalue weighted by Crippen LogP contribution is -2.45. The maximum atomic E-state index is 13.0. The van der Waals surface area contributed by atoms with Gasteiger partial charge in [0, 0.05) is 16.9 Å². The minimum Gasteiger partial charge on any atom is -0.496 e. The summed E-state index contributed by atoms with van der Waals surface area (Å²) in [5, 5.41) is 16.2. The highest BCUT2D eigenvalue weighted by Crippen LogP contribution is 2.38. The van der Waals surface area contributed by atoms with Gasteiger partial charge in [0.15, 0.2) is 5.71 Å². The molecule has 9 heteroatoms. The van der Waals surface area contributed by atoms with Crippen molar-refractivity contribution in [3.63, 3.8) is 0 Å². The second-order valence-corrected chi connectivity index (χ2v) is 8.53. The molecule has 3 rings (SSSR count). The molecule has 3 aromatic rings. The number of carbonyl (C=O) groups excluding carboxylic acids is 1. The van der Waals surface area contributed by atoms with Crippen LogP contribution in [-0.4, -0.2) is 56.3 Å². The Hall–Kier alpha value is -3.98. The van der Waals surface area contributed by atoms with Crippen LogP contribution in [0, 0.1) is 0 Å². The first kappa shape index (κ1) is 26.6. The molecule has 188 valence electrons. The van der Waals surface area contributed by atoms with Crippen molar-refractivity contribution in [2.75, 3.05) is 27.6 Å². The normalized spacial score (nSPS) is 11.9. The maximum absolute atomic E-state index is 13.0. The van der Waals surface area contributed by atoms with Crippen molar-refractivity contribution < 1.29 is 29.0 Å². The fourth-order valence-electron chi connectivity index (χ4n) is 3.67. The van der Waals surface area contributed by atoms with Crippen LogP contribution in [0.15, 0.2) is 76.8 Å². The van der Waals surface area contributed by atoms with Crippen LogP contribution < -0.4 is 14.8 Å². The van der Waals surface area contributed by atoms with E-state index in [4.69, 9.17) is 14.3 Å². The number of carboxylic acid groups (broad SMARTS) is 1. The number of hydrogen-bond acceptors (Lipinski definition) is 7. The van der Waals surface area contributed by atoms with Crippen molar-refractivity contribution in [2.45, 2.75) is 17.4 Å². The number of rotatable bonds is 11. The van der Waals surface area contributed by atoms with Gasteiger partial charge in [-0.05, 0) is 41.6 Å². The van der Waals surface area contributed by atoms with E-state index in [1.54, 1.807) is 38.1 Å². The number of amides is 1. The number of aliphatic carboxylic acids is 1. The van der Waals surface area contributed by atoms with Gasteiger partial charge in [-0.15, -0.1) is 11.8 Å². The molecular weight excluding hydrogens is 480 g/mol. The van der Waals surface area contributed by atoms with Crippen LogP contribution in [0.4, 0.5) is 0 Å². The summed E-state index contributed by atoms with van der Waals surface area (Å²) in [6, 6.07) is 18.9. The first-order chi connectivity index (χ1) is 17.4. The summed E-state index contributed by atoms with van der Waals surface area (Å²) in [7, 11) is 4.51. The van der Waals surface area contributed by atoms with Gasteiger partial charge in [-0.3, -0.25) is 4.79 Å². The van der Waals surface area contributed by atoms with E-state index in [0.717, 1.165) is 21.6 Å². The number of thioether (sulfide) groups is 1. The third-order valence-electron chi connectivity index (χ3n) is 5.47. The van der Waals surface area contributed by atoms with Gasteiger partial charge < -0.3 is 24.7 Å². The molecule has 0 radical (unpaired) electrons. The lowest BCUT2D eigenvalue weighted by atomic mass is 9.99. The molecule has 8 nitrogen and oxygen atoms in total. The van der Waals surface area contributed by atoms with E-state index in [1.165, 1.54) is 7.11 Å². The molecular formula is C27H28N2O6S. The molecule has 0 saturated heterocycles. The first-order valence-electron chi connectivity index (χ1n) is 11.0. The summed E-state index contributed by atoms with van der Waals surface area (Å²) < 4.78 is 11.0. The molecule has 0 bridgehead atoms. The van der Waals surface area contributed by atoms with Crippen LogP contribution >= 0.6 is 11.8 Å². The number of nitrogens with one attached hydrogen (secondary N) is 1. The van der Waals surface area contributed by atoms with Gasteiger partial charge in [-0.25, -0.2) is 4.79 Å².